The Bertz CT molecular complexity index is 471. The molecule has 2 unspecified atom stereocenters. The quantitative estimate of drug-likeness (QED) is 0.875. The van der Waals surface area contributed by atoms with Crippen molar-refractivity contribution in [2.75, 3.05) is 0 Å². The van der Waals surface area contributed by atoms with Crippen molar-refractivity contribution in [2.45, 2.75) is 45.4 Å². The summed E-state index contributed by atoms with van der Waals surface area (Å²) in [6, 6.07) is 2.95. The van der Waals surface area contributed by atoms with Gasteiger partial charge in [-0.25, -0.2) is 8.78 Å². The Hall–Kier alpha value is -1.43. The highest BCUT2D eigenvalue weighted by Gasteiger charge is 2.48. The Morgan fingerprint density at radius 2 is 2.32 bits per heavy atom. The molecule has 106 valence electrons. The number of nitrogens with zero attached hydrogens (tertiary/aromatic N) is 1. The average molecular weight is 272 g/mol. The molecule has 0 saturated heterocycles. The van der Waals surface area contributed by atoms with Gasteiger partial charge >= 0.3 is 0 Å². The fourth-order valence-corrected chi connectivity index (χ4v) is 2.31. The van der Waals surface area contributed by atoms with Crippen LogP contribution in [0.1, 0.15) is 30.8 Å². The summed E-state index contributed by atoms with van der Waals surface area (Å²) in [4.78, 5) is 12.0. The van der Waals surface area contributed by atoms with Crippen molar-refractivity contribution in [3.05, 3.63) is 24.0 Å². The molecule has 6 heteroatoms. The minimum atomic E-state index is -2.50. The highest BCUT2D eigenvalue weighted by molar-refractivity contribution is 5.93. The molecule has 0 bridgehead atoms. The van der Waals surface area contributed by atoms with Gasteiger partial charge in [-0.15, -0.1) is 0 Å². The molecule has 1 amide bonds. The van der Waals surface area contributed by atoms with E-state index in [2.05, 4.69) is 5.32 Å². The molecule has 1 fully saturated rings. The number of alkyl halides is 2. The van der Waals surface area contributed by atoms with E-state index < -0.39 is 19.1 Å². The van der Waals surface area contributed by atoms with Gasteiger partial charge in [0.1, 0.15) is 5.69 Å². The topological polar surface area (TPSA) is 54.3 Å². The van der Waals surface area contributed by atoms with Crippen LogP contribution in [0.3, 0.4) is 0 Å². The maximum atomic E-state index is 12.4. The molecule has 19 heavy (non-hydrogen) atoms. The van der Waals surface area contributed by atoms with Gasteiger partial charge in [0.25, 0.3) is 12.3 Å². The van der Waals surface area contributed by atoms with E-state index in [9.17, 15) is 18.7 Å². The second kappa shape index (κ2) is 4.92. The minimum Gasteiger partial charge on any atom is -0.392 e. The van der Waals surface area contributed by atoms with Gasteiger partial charge in [-0.1, -0.05) is 13.8 Å². The largest absolute Gasteiger partial charge is 0.392 e. The van der Waals surface area contributed by atoms with Crippen molar-refractivity contribution in [3.8, 4) is 0 Å². The number of aliphatic hydroxyl groups is 1. The number of hydrogen-bond acceptors (Lipinski definition) is 2. The number of aromatic nitrogens is 1. The molecule has 2 rings (SSSR count). The van der Waals surface area contributed by atoms with Crippen molar-refractivity contribution in [2.24, 2.45) is 5.41 Å². The smallest absolute Gasteiger partial charge is 0.268 e. The van der Waals surface area contributed by atoms with E-state index in [1.54, 1.807) is 6.07 Å². The van der Waals surface area contributed by atoms with Crippen LogP contribution in [-0.2, 0) is 6.54 Å². The van der Waals surface area contributed by atoms with E-state index in [1.807, 2.05) is 13.8 Å². The van der Waals surface area contributed by atoms with Crippen molar-refractivity contribution in [3.63, 3.8) is 0 Å². The molecule has 0 spiro atoms. The van der Waals surface area contributed by atoms with Gasteiger partial charge < -0.3 is 15.0 Å². The first-order chi connectivity index (χ1) is 8.82. The predicted molar refractivity (Wildman–Crippen MR) is 66.1 cm³/mol. The predicted octanol–water partition coefficient (Wildman–Crippen LogP) is 1.64. The van der Waals surface area contributed by atoms with Crippen LogP contribution in [0, 0.1) is 5.41 Å². The molecule has 0 aromatic carbocycles. The Morgan fingerprint density at radius 1 is 1.63 bits per heavy atom. The van der Waals surface area contributed by atoms with E-state index in [0.717, 1.165) is 0 Å². The van der Waals surface area contributed by atoms with Gasteiger partial charge in [0.05, 0.1) is 12.6 Å². The van der Waals surface area contributed by atoms with Gasteiger partial charge in [-0.3, -0.25) is 4.79 Å². The molecule has 1 aliphatic rings. The zero-order valence-electron chi connectivity index (χ0n) is 10.9. The number of carbonyl (C=O) groups excluding carboxylic acids is 1. The summed E-state index contributed by atoms with van der Waals surface area (Å²) in [5.74, 6) is -0.379. The maximum absolute atomic E-state index is 12.4. The third-order valence-corrected chi connectivity index (χ3v) is 3.92. The Kier molecular flexibility index (Phi) is 3.62. The van der Waals surface area contributed by atoms with Crippen molar-refractivity contribution in [1.29, 1.82) is 0 Å². The van der Waals surface area contributed by atoms with Gasteiger partial charge in [0.15, 0.2) is 0 Å². The molecular weight excluding hydrogens is 254 g/mol. The normalized spacial score (nSPS) is 25.2. The third-order valence-electron chi connectivity index (χ3n) is 3.92. The summed E-state index contributed by atoms with van der Waals surface area (Å²) in [5, 5.41) is 12.4. The molecular formula is C13H18F2N2O2. The molecule has 1 aromatic heterocycles. The van der Waals surface area contributed by atoms with Gasteiger partial charge in [0.2, 0.25) is 0 Å². The van der Waals surface area contributed by atoms with E-state index in [1.165, 1.54) is 16.8 Å². The van der Waals surface area contributed by atoms with Crippen LogP contribution < -0.4 is 5.32 Å². The molecule has 0 radical (unpaired) electrons. The lowest BCUT2D eigenvalue weighted by molar-refractivity contribution is -0.0690. The number of hydrogen-bond donors (Lipinski definition) is 2. The Morgan fingerprint density at radius 3 is 2.84 bits per heavy atom. The number of nitrogens with one attached hydrogen (secondary N) is 1. The molecule has 0 aliphatic heterocycles. The standard InChI is InChI=1S/C13H18F2N2O2/c1-13(2)9(6-10(13)18)16-12(19)8-4-3-5-17(8)7-11(14)15/h3-5,9-11,18H,6-7H2,1-2H3,(H,16,19). The van der Waals surface area contributed by atoms with Crippen LogP contribution in [0.4, 0.5) is 8.78 Å². The lowest BCUT2D eigenvalue weighted by Gasteiger charge is -2.49. The summed E-state index contributed by atoms with van der Waals surface area (Å²) >= 11 is 0. The zero-order chi connectivity index (χ0) is 14.2. The fraction of sp³-hybridized carbons (Fsp3) is 0.615. The van der Waals surface area contributed by atoms with E-state index in [-0.39, 0.29) is 23.1 Å². The highest BCUT2D eigenvalue weighted by atomic mass is 19.3. The van der Waals surface area contributed by atoms with Crippen LogP contribution in [0.5, 0.6) is 0 Å². The van der Waals surface area contributed by atoms with E-state index in [4.69, 9.17) is 0 Å². The third kappa shape index (κ3) is 2.63. The van der Waals surface area contributed by atoms with Gasteiger partial charge in [-0.05, 0) is 18.6 Å². The summed E-state index contributed by atoms with van der Waals surface area (Å²) in [6.07, 6.45) is -0.984. The summed E-state index contributed by atoms with van der Waals surface area (Å²) < 4.78 is 26.0. The highest BCUT2D eigenvalue weighted by Crippen LogP contribution is 2.40. The van der Waals surface area contributed by atoms with Crippen LogP contribution >= 0.6 is 0 Å². The number of aliphatic hydroxyl groups excluding tert-OH is 1. The first-order valence-electron chi connectivity index (χ1n) is 6.24. The summed E-state index contributed by atoms with van der Waals surface area (Å²) in [5.41, 5.74) is -0.159. The lowest BCUT2D eigenvalue weighted by atomic mass is 9.64. The van der Waals surface area contributed by atoms with E-state index in [0.29, 0.717) is 6.42 Å². The number of carbonyl (C=O) groups is 1. The molecule has 1 aromatic rings. The summed E-state index contributed by atoms with van der Waals surface area (Å²) in [6.45, 7) is 3.24. The minimum absolute atomic E-state index is 0.134. The maximum Gasteiger partial charge on any atom is 0.268 e. The van der Waals surface area contributed by atoms with Gasteiger partial charge in [-0.2, -0.15) is 0 Å². The van der Waals surface area contributed by atoms with Crippen molar-refractivity contribution >= 4 is 5.91 Å². The van der Waals surface area contributed by atoms with Crippen LogP contribution in [-0.4, -0.2) is 34.2 Å². The van der Waals surface area contributed by atoms with Crippen LogP contribution in [0.2, 0.25) is 0 Å². The lowest BCUT2D eigenvalue weighted by Crippen LogP contribution is -2.61. The number of rotatable bonds is 4. The Balaban J connectivity index is 2.03. The fourth-order valence-electron chi connectivity index (χ4n) is 2.31. The van der Waals surface area contributed by atoms with Crippen LogP contribution in [0.15, 0.2) is 18.3 Å². The molecule has 2 N–H and O–H groups in total. The molecule has 4 nitrogen and oxygen atoms in total. The Labute approximate surface area is 110 Å². The zero-order valence-corrected chi connectivity index (χ0v) is 10.9. The molecule has 1 heterocycles. The monoisotopic (exact) mass is 272 g/mol. The van der Waals surface area contributed by atoms with Gasteiger partial charge in [0, 0.05) is 17.7 Å². The molecule has 1 saturated carbocycles. The number of amides is 1. The molecule has 2 atom stereocenters. The number of halogens is 2. The van der Waals surface area contributed by atoms with Crippen LogP contribution in [0.25, 0.3) is 0 Å². The average Bonchev–Trinajstić information content (AvgIpc) is 2.75. The first kappa shape index (κ1) is 14.0. The van der Waals surface area contributed by atoms with Crippen molar-refractivity contribution < 1.29 is 18.7 Å². The summed E-state index contributed by atoms with van der Waals surface area (Å²) in [7, 11) is 0. The SMILES string of the molecule is CC1(C)C(O)CC1NC(=O)c1cccn1CC(F)F. The molecule has 1 aliphatic carbocycles. The van der Waals surface area contributed by atoms with Crippen molar-refractivity contribution in [1.82, 2.24) is 9.88 Å². The second-order valence-corrected chi connectivity index (χ2v) is 5.54. The van der Waals surface area contributed by atoms with E-state index >= 15 is 0 Å². The first-order valence-corrected chi connectivity index (χ1v) is 6.24. The second-order valence-electron chi connectivity index (χ2n) is 5.54.